The third-order valence-corrected chi connectivity index (χ3v) is 5.82. The quantitative estimate of drug-likeness (QED) is 0.378. The maximum absolute atomic E-state index is 13.7. The lowest BCUT2D eigenvalue weighted by Crippen LogP contribution is -2.11. The van der Waals surface area contributed by atoms with Gasteiger partial charge in [0.25, 0.3) is 0 Å². The summed E-state index contributed by atoms with van der Waals surface area (Å²) in [5, 5.41) is 0. The molecular weight excluding hydrogens is 417 g/mol. The first-order valence-electron chi connectivity index (χ1n) is 10.6. The molecule has 0 aliphatic carbocycles. The minimum Gasteiger partial charge on any atom is -0.464 e. The lowest BCUT2D eigenvalue weighted by atomic mass is 9.93. The van der Waals surface area contributed by atoms with E-state index in [1.807, 2.05) is 37.8 Å². The molecule has 168 valence electrons. The molecule has 4 rings (SSSR count). The van der Waals surface area contributed by atoms with Crippen LogP contribution in [0.1, 0.15) is 21.7 Å². The van der Waals surface area contributed by atoms with Crippen molar-refractivity contribution in [2.75, 3.05) is 26.1 Å². The number of halogens is 1. The Morgan fingerprint density at radius 3 is 2.12 bits per heavy atom. The molecule has 0 N–H and O–H groups in total. The number of esters is 1. The second-order valence-electron chi connectivity index (χ2n) is 8.08. The first kappa shape index (κ1) is 22.3. The van der Waals surface area contributed by atoms with Crippen molar-refractivity contribution >= 4 is 11.7 Å². The topological polar surface area (TPSA) is 47.4 Å². The molecule has 33 heavy (non-hydrogen) atoms. The van der Waals surface area contributed by atoms with E-state index in [2.05, 4.69) is 34.1 Å². The number of rotatable bonds is 6. The van der Waals surface area contributed by atoms with E-state index in [1.54, 1.807) is 24.5 Å². The Bertz CT molecular complexity index is 1260. The molecule has 0 spiro atoms. The van der Waals surface area contributed by atoms with Gasteiger partial charge in [0.1, 0.15) is 11.5 Å². The van der Waals surface area contributed by atoms with E-state index in [-0.39, 0.29) is 5.82 Å². The van der Waals surface area contributed by atoms with Gasteiger partial charge in [-0.1, -0.05) is 24.3 Å². The third kappa shape index (κ3) is 4.37. The molecule has 5 nitrogen and oxygen atoms in total. The molecule has 0 bridgehead atoms. The molecule has 0 fully saturated rings. The Morgan fingerprint density at radius 1 is 0.939 bits per heavy atom. The molecule has 0 atom stereocenters. The average Bonchev–Trinajstić information content (AvgIpc) is 3.12. The van der Waals surface area contributed by atoms with Crippen molar-refractivity contribution in [2.24, 2.45) is 7.05 Å². The lowest BCUT2D eigenvalue weighted by Gasteiger charge is -2.14. The van der Waals surface area contributed by atoms with E-state index in [0.717, 1.165) is 39.2 Å². The number of benzene rings is 2. The van der Waals surface area contributed by atoms with Gasteiger partial charge >= 0.3 is 5.97 Å². The Balaban J connectivity index is 1.97. The van der Waals surface area contributed by atoms with Crippen molar-refractivity contribution < 1.29 is 13.9 Å². The highest BCUT2D eigenvalue weighted by molar-refractivity contribution is 6.02. The summed E-state index contributed by atoms with van der Waals surface area (Å²) < 4.78 is 20.7. The summed E-state index contributed by atoms with van der Waals surface area (Å²) in [7, 11) is 7.25. The number of methoxy groups -OCH3 is 1. The number of hydrogen-bond donors (Lipinski definition) is 0. The van der Waals surface area contributed by atoms with E-state index in [1.165, 1.54) is 19.2 Å². The lowest BCUT2D eigenvalue weighted by molar-refractivity contribution is 0.0590. The number of hydrogen-bond acceptors (Lipinski definition) is 4. The average molecular weight is 444 g/mol. The zero-order valence-electron chi connectivity index (χ0n) is 19.2. The maximum atomic E-state index is 13.7. The monoisotopic (exact) mass is 443 g/mol. The van der Waals surface area contributed by atoms with Crippen LogP contribution in [0.3, 0.4) is 0 Å². The third-order valence-electron chi connectivity index (χ3n) is 5.82. The highest BCUT2D eigenvalue weighted by Crippen LogP contribution is 2.41. The Labute approximate surface area is 193 Å². The highest BCUT2D eigenvalue weighted by Gasteiger charge is 2.28. The fourth-order valence-electron chi connectivity index (χ4n) is 4.11. The smallest absolute Gasteiger partial charge is 0.355 e. The Morgan fingerprint density at radius 2 is 1.55 bits per heavy atom. The van der Waals surface area contributed by atoms with Crippen LogP contribution < -0.4 is 4.90 Å². The van der Waals surface area contributed by atoms with Gasteiger partial charge in [0.2, 0.25) is 0 Å². The Kier molecular flexibility index (Phi) is 6.27. The molecule has 2 aromatic heterocycles. The number of carbonyl (C=O) groups is 1. The summed E-state index contributed by atoms with van der Waals surface area (Å²) in [4.78, 5) is 19.1. The SMILES string of the molecule is COC(=O)c1c(-c2ccc(F)cc2)c(-c2ccncc2)c(Cc2ccc(N(C)C)cc2)n1C. The summed E-state index contributed by atoms with van der Waals surface area (Å²) >= 11 is 0. The first-order valence-corrected chi connectivity index (χ1v) is 10.6. The van der Waals surface area contributed by atoms with Gasteiger partial charge in [-0.3, -0.25) is 4.98 Å². The summed E-state index contributed by atoms with van der Waals surface area (Å²) in [6.45, 7) is 0. The zero-order chi connectivity index (χ0) is 23.5. The number of ether oxygens (including phenoxy) is 1. The van der Waals surface area contributed by atoms with Crippen molar-refractivity contribution in [2.45, 2.75) is 6.42 Å². The number of nitrogens with zero attached hydrogens (tertiary/aromatic N) is 3. The van der Waals surface area contributed by atoms with Crippen LogP contribution in [0.5, 0.6) is 0 Å². The first-order chi connectivity index (χ1) is 15.9. The van der Waals surface area contributed by atoms with Crippen molar-refractivity contribution in [3.63, 3.8) is 0 Å². The van der Waals surface area contributed by atoms with Crippen molar-refractivity contribution in [1.29, 1.82) is 0 Å². The molecule has 6 heteroatoms. The maximum Gasteiger partial charge on any atom is 0.355 e. The zero-order valence-corrected chi connectivity index (χ0v) is 19.2. The molecule has 0 aliphatic rings. The number of pyridine rings is 1. The standard InChI is InChI=1S/C27H26FN3O2/c1-30(2)22-11-5-18(6-12-22)17-23-24(20-13-15-29-16-14-20)25(19-7-9-21(28)10-8-19)26(31(23)3)27(32)33-4/h5-16H,17H2,1-4H3. The van der Waals surface area contributed by atoms with E-state index in [9.17, 15) is 9.18 Å². The number of carbonyl (C=O) groups excluding carboxylic acids is 1. The molecule has 2 aromatic carbocycles. The predicted octanol–water partition coefficient (Wildman–Crippen LogP) is 5.34. The fourth-order valence-corrected chi connectivity index (χ4v) is 4.11. The van der Waals surface area contributed by atoms with Gasteiger partial charge in [-0.05, 0) is 53.1 Å². The van der Waals surface area contributed by atoms with Gasteiger partial charge in [0, 0.05) is 62.5 Å². The second kappa shape index (κ2) is 9.28. The molecule has 4 aromatic rings. The fraction of sp³-hybridized carbons (Fsp3) is 0.185. The van der Waals surface area contributed by atoms with Gasteiger partial charge in [-0.25, -0.2) is 9.18 Å². The number of aromatic nitrogens is 2. The van der Waals surface area contributed by atoms with Crippen LogP contribution >= 0.6 is 0 Å². The minimum atomic E-state index is -0.443. The largest absolute Gasteiger partial charge is 0.464 e. The number of anilines is 1. The van der Waals surface area contributed by atoms with Crippen LogP contribution in [0.15, 0.2) is 73.1 Å². The van der Waals surface area contributed by atoms with Crippen molar-refractivity contribution in [3.05, 3.63) is 95.8 Å². The van der Waals surface area contributed by atoms with Gasteiger partial charge in [0.05, 0.1) is 7.11 Å². The van der Waals surface area contributed by atoms with Gasteiger partial charge in [0.15, 0.2) is 0 Å². The van der Waals surface area contributed by atoms with Crippen LogP contribution in [0.4, 0.5) is 10.1 Å². The summed E-state index contributed by atoms with van der Waals surface area (Å²) in [6, 6.07) is 18.4. The van der Waals surface area contributed by atoms with Crippen LogP contribution in [0, 0.1) is 5.82 Å². The second-order valence-corrected chi connectivity index (χ2v) is 8.08. The summed E-state index contributed by atoms with van der Waals surface area (Å²) in [5.74, 6) is -0.776. The Hall–Kier alpha value is -3.93. The molecule has 0 aliphatic heterocycles. The predicted molar refractivity (Wildman–Crippen MR) is 129 cm³/mol. The van der Waals surface area contributed by atoms with Crippen LogP contribution in [-0.2, 0) is 18.2 Å². The van der Waals surface area contributed by atoms with Crippen molar-refractivity contribution in [1.82, 2.24) is 9.55 Å². The summed E-state index contributed by atoms with van der Waals surface area (Å²) in [6.07, 6.45) is 4.06. The summed E-state index contributed by atoms with van der Waals surface area (Å²) in [5.41, 5.74) is 6.90. The van der Waals surface area contributed by atoms with Gasteiger partial charge < -0.3 is 14.2 Å². The highest BCUT2D eigenvalue weighted by atomic mass is 19.1. The molecule has 0 unspecified atom stereocenters. The minimum absolute atomic E-state index is 0.332. The van der Waals surface area contributed by atoms with Crippen LogP contribution in [0.2, 0.25) is 0 Å². The van der Waals surface area contributed by atoms with E-state index < -0.39 is 5.97 Å². The van der Waals surface area contributed by atoms with Gasteiger partial charge in [-0.15, -0.1) is 0 Å². The van der Waals surface area contributed by atoms with E-state index in [4.69, 9.17) is 4.74 Å². The normalized spacial score (nSPS) is 10.8. The molecular formula is C27H26FN3O2. The van der Waals surface area contributed by atoms with E-state index >= 15 is 0 Å². The van der Waals surface area contributed by atoms with Crippen molar-refractivity contribution in [3.8, 4) is 22.3 Å². The molecule has 0 radical (unpaired) electrons. The van der Waals surface area contributed by atoms with Gasteiger partial charge in [-0.2, -0.15) is 0 Å². The van der Waals surface area contributed by atoms with Crippen LogP contribution in [0.25, 0.3) is 22.3 Å². The van der Waals surface area contributed by atoms with E-state index in [0.29, 0.717) is 12.1 Å². The molecule has 0 saturated heterocycles. The molecule has 0 saturated carbocycles. The van der Waals surface area contributed by atoms with Crippen LogP contribution in [-0.4, -0.2) is 36.7 Å². The molecule has 0 amide bonds. The molecule has 2 heterocycles.